The lowest BCUT2D eigenvalue weighted by atomic mass is 9.99. The zero-order valence-electron chi connectivity index (χ0n) is 10.9. The molecule has 0 amide bonds. The summed E-state index contributed by atoms with van der Waals surface area (Å²) in [5.74, 6) is 1.25. The van der Waals surface area contributed by atoms with Gasteiger partial charge in [0.15, 0.2) is 0 Å². The van der Waals surface area contributed by atoms with Gasteiger partial charge in [-0.1, -0.05) is 42.5 Å². The Hall–Kier alpha value is -1.47. The van der Waals surface area contributed by atoms with Gasteiger partial charge in [0.2, 0.25) is 0 Å². The van der Waals surface area contributed by atoms with Crippen LogP contribution < -0.4 is 4.90 Å². The van der Waals surface area contributed by atoms with Crippen molar-refractivity contribution in [2.75, 3.05) is 18.0 Å². The van der Waals surface area contributed by atoms with Crippen LogP contribution in [0.15, 0.2) is 54.6 Å². The largest absolute Gasteiger partial charge is 0.371 e. The number of hydrogen-bond acceptors (Lipinski definition) is 1. The Morgan fingerprint density at radius 2 is 1.74 bits per heavy atom. The van der Waals surface area contributed by atoms with Crippen molar-refractivity contribution < 1.29 is 0 Å². The molecule has 1 unspecified atom stereocenters. The predicted octanol–water partition coefficient (Wildman–Crippen LogP) is 4.42. The van der Waals surface area contributed by atoms with Crippen molar-refractivity contribution in [1.82, 2.24) is 0 Å². The fourth-order valence-corrected chi connectivity index (χ4v) is 2.97. The summed E-state index contributed by atoms with van der Waals surface area (Å²) in [4.78, 5) is 2.47. The first kappa shape index (κ1) is 12.6. The van der Waals surface area contributed by atoms with E-state index >= 15 is 0 Å². The molecule has 1 atom stereocenters. The summed E-state index contributed by atoms with van der Waals surface area (Å²) in [6.07, 6.45) is 1.24. The van der Waals surface area contributed by atoms with E-state index in [4.69, 9.17) is 11.6 Å². The molecule has 1 heterocycles. The summed E-state index contributed by atoms with van der Waals surface area (Å²) in [5, 5.41) is 0. The molecule has 0 radical (unpaired) electrons. The summed E-state index contributed by atoms with van der Waals surface area (Å²) < 4.78 is 0. The van der Waals surface area contributed by atoms with Gasteiger partial charge in [-0.2, -0.15) is 0 Å². The first-order valence-electron chi connectivity index (χ1n) is 6.81. The minimum Gasteiger partial charge on any atom is -0.371 e. The van der Waals surface area contributed by atoms with E-state index in [2.05, 4.69) is 59.5 Å². The summed E-state index contributed by atoms with van der Waals surface area (Å²) in [6.45, 7) is 2.25. The van der Waals surface area contributed by atoms with Crippen molar-refractivity contribution >= 4 is 17.3 Å². The van der Waals surface area contributed by atoms with Gasteiger partial charge < -0.3 is 4.90 Å². The average molecular weight is 272 g/mol. The normalized spacial score (nSPS) is 18.8. The maximum absolute atomic E-state index is 5.83. The molecule has 0 aromatic heterocycles. The van der Waals surface area contributed by atoms with E-state index in [0.29, 0.717) is 11.8 Å². The monoisotopic (exact) mass is 271 g/mol. The Morgan fingerprint density at radius 3 is 2.42 bits per heavy atom. The first-order valence-corrected chi connectivity index (χ1v) is 7.35. The minimum absolute atomic E-state index is 0.590. The van der Waals surface area contributed by atoms with Crippen LogP contribution >= 0.6 is 11.6 Å². The third-order valence-electron chi connectivity index (χ3n) is 3.92. The van der Waals surface area contributed by atoms with Gasteiger partial charge in [0, 0.05) is 30.6 Å². The van der Waals surface area contributed by atoms with E-state index in [1.165, 1.54) is 23.2 Å². The van der Waals surface area contributed by atoms with Crippen molar-refractivity contribution in [3.8, 4) is 0 Å². The molecule has 19 heavy (non-hydrogen) atoms. The standard InChI is InChI=1S/C17H18ClN/c18-12-14-6-8-17(9-7-14)19-11-10-16(13-19)15-4-2-1-3-5-15/h1-9,16H,10-13H2. The molecule has 2 aromatic rings. The lowest BCUT2D eigenvalue weighted by Crippen LogP contribution is -2.19. The molecule has 2 aromatic carbocycles. The van der Waals surface area contributed by atoms with Crippen molar-refractivity contribution in [1.29, 1.82) is 0 Å². The Kier molecular flexibility index (Phi) is 3.74. The molecule has 1 aliphatic heterocycles. The lowest BCUT2D eigenvalue weighted by molar-refractivity contribution is 0.775. The quantitative estimate of drug-likeness (QED) is 0.747. The average Bonchev–Trinajstić information content (AvgIpc) is 2.98. The molecule has 0 N–H and O–H groups in total. The van der Waals surface area contributed by atoms with Crippen LogP contribution in [-0.2, 0) is 5.88 Å². The third kappa shape index (κ3) is 2.76. The highest BCUT2D eigenvalue weighted by Crippen LogP contribution is 2.30. The molecular weight excluding hydrogens is 254 g/mol. The van der Waals surface area contributed by atoms with Crippen LogP contribution in [-0.4, -0.2) is 13.1 Å². The second-order valence-electron chi connectivity index (χ2n) is 5.14. The highest BCUT2D eigenvalue weighted by atomic mass is 35.5. The Morgan fingerprint density at radius 1 is 1.00 bits per heavy atom. The Bertz CT molecular complexity index is 521. The minimum atomic E-state index is 0.590. The van der Waals surface area contributed by atoms with Gasteiger partial charge in [-0.05, 0) is 29.7 Å². The molecule has 98 valence electrons. The number of nitrogens with zero attached hydrogens (tertiary/aromatic N) is 1. The van der Waals surface area contributed by atoms with Crippen molar-refractivity contribution in [2.24, 2.45) is 0 Å². The summed E-state index contributed by atoms with van der Waals surface area (Å²) >= 11 is 5.83. The van der Waals surface area contributed by atoms with Gasteiger partial charge in [0.1, 0.15) is 0 Å². The predicted molar refractivity (Wildman–Crippen MR) is 82.0 cm³/mol. The van der Waals surface area contributed by atoms with Crippen LogP contribution in [0.4, 0.5) is 5.69 Å². The fraction of sp³-hybridized carbons (Fsp3) is 0.294. The van der Waals surface area contributed by atoms with Crippen LogP contribution in [0.25, 0.3) is 0 Å². The summed E-state index contributed by atoms with van der Waals surface area (Å²) in [7, 11) is 0. The molecule has 0 aliphatic carbocycles. The van der Waals surface area contributed by atoms with Crippen LogP contribution in [0, 0.1) is 0 Å². The van der Waals surface area contributed by atoms with Crippen molar-refractivity contribution in [3.05, 3.63) is 65.7 Å². The lowest BCUT2D eigenvalue weighted by Gasteiger charge is -2.19. The van der Waals surface area contributed by atoms with E-state index < -0.39 is 0 Å². The first-order chi connectivity index (χ1) is 9.36. The van der Waals surface area contributed by atoms with E-state index in [1.807, 2.05) is 0 Å². The molecular formula is C17H18ClN. The molecule has 0 saturated carbocycles. The van der Waals surface area contributed by atoms with Gasteiger partial charge in [-0.15, -0.1) is 11.6 Å². The third-order valence-corrected chi connectivity index (χ3v) is 4.22. The number of rotatable bonds is 3. The zero-order valence-corrected chi connectivity index (χ0v) is 11.7. The second kappa shape index (κ2) is 5.66. The number of alkyl halides is 1. The van der Waals surface area contributed by atoms with Gasteiger partial charge in [-0.25, -0.2) is 0 Å². The van der Waals surface area contributed by atoms with Crippen LogP contribution in [0.3, 0.4) is 0 Å². The second-order valence-corrected chi connectivity index (χ2v) is 5.41. The van der Waals surface area contributed by atoms with Gasteiger partial charge in [0.05, 0.1) is 0 Å². The SMILES string of the molecule is ClCc1ccc(N2CCC(c3ccccc3)C2)cc1. The molecule has 1 aliphatic rings. The smallest absolute Gasteiger partial charge is 0.0474 e. The van der Waals surface area contributed by atoms with Gasteiger partial charge in [0.25, 0.3) is 0 Å². The van der Waals surface area contributed by atoms with E-state index in [-0.39, 0.29) is 0 Å². The number of anilines is 1. The van der Waals surface area contributed by atoms with Crippen molar-refractivity contribution in [3.63, 3.8) is 0 Å². The Balaban J connectivity index is 1.71. The molecule has 1 fully saturated rings. The van der Waals surface area contributed by atoms with E-state index in [1.54, 1.807) is 0 Å². The van der Waals surface area contributed by atoms with Crippen LogP contribution in [0.5, 0.6) is 0 Å². The fourth-order valence-electron chi connectivity index (χ4n) is 2.79. The van der Waals surface area contributed by atoms with Crippen molar-refractivity contribution in [2.45, 2.75) is 18.2 Å². The summed E-state index contributed by atoms with van der Waals surface area (Å²) in [5.41, 5.74) is 3.96. The molecule has 3 rings (SSSR count). The van der Waals surface area contributed by atoms with Gasteiger partial charge in [-0.3, -0.25) is 0 Å². The maximum atomic E-state index is 5.83. The van der Waals surface area contributed by atoms with Crippen LogP contribution in [0.1, 0.15) is 23.5 Å². The summed E-state index contributed by atoms with van der Waals surface area (Å²) in [6, 6.07) is 19.4. The molecule has 2 heteroatoms. The van der Waals surface area contributed by atoms with E-state index in [0.717, 1.165) is 13.1 Å². The number of halogens is 1. The van der Waals surface area contributed by atoms with Gasteiger partial charge >= 0.3 is 0 Å². The topological polar surface area (TPSA) is 3.24 Å². The highest BCUT2D eigenvalue weighted by molar-refractivity contribution is 6.17. The zero-order chi connectivity index (χ0) is 13.1. The molecule has 1 saturated heterocycles. The van der Waals surface area contributed by atoms with E-state index in [9.17, 15) is 0 Å². The number of hydrogen-bond donors (Lipinski definition) is 0. The highest BCUT2D eigenvalue weighted by Gasteiger charge is 2.23. The molecule has 1 nitrogen and oxygen atoms in total. The molecule has 0 spiro atoms. The van der Waals surface area contributed by atoms with Crippen LogP contribution in [0.2, 0.25) is 0 Å². The maximum Gasteiger partial charge on any atom is 0.0474 e. The molecule has 0 bridgehead atoms. The Labute approximate surface area is 119 Å². The number of benzene rings is 2.